The Morgan fingerprint density at radius 1 is 1.03 bits per heavy atom. The highest BCUT2D eigenvalue weighted by Crippen LogP contribution is 2.35. The van der Waals surface area contributed by atoms with Gasteiger partial charge in [-0.15, -0.1) is 0 Å². The van der Waals surface area contributed by atoms with Crippen LogP contribution < -0.4 is 19.5 Å². The largest absolute Gasteiger partial charge is 0.497 e. The second-order valence-electron chi connectivity index (χ2n) is 8.05. The van der Waals surface area contributed by atoms with Crippen LogP contribution in [0.5, 0.6) is 17.2 Å². The number of carbonyl (C=O) groups is 1. The van der Waals surface area contributed by atoms with Gasteiger partial charge in [-0.25, -0.2) is 8.42 Å². The molecule has 0 spiro atoms. The lowest BCUT2D eigenvalue weighted by Crippen LogP contribution is -2.51. The van der Waals surface area contributed by atoms with E-state index in [1.807, 2.05) is 31.2 Å². The molecule has 9 heteroatoms. The van der Waals surface area contributed by atoms with Gasteiger partial charge in [-0.3, -0.25) is 4.79 Å². The maximum Gasteiger partial charge on any atom is 0.243 e. The average molecular weight is 463 g/mol. The summed E-state index contributed by atoms with van der Waals surface area (Å²) in [5, 5.41) is 2.95. The lowest BCUT2D eigenvalue weighted by Gasteiger charge is -2.38. The number of benzene rings is 2. The highest BCUT2D eigenvalue weighted by atomic mass is 32.2. The van der Waals surface area contributed by atoms with E-state index in [-0.39, 0.29) is 17.3 Å². The second-order valence-corrected chi connectivity index (χ2v) is 9.99. The summed E-state index contributed by atoms with van der Waals surface area (Å²) in [6, 6.07) is 11.9. The first-order valence-electron chi connectivity index (χ1n) is 10.4. The van der Waals surface area contributed by atoms with Crippen LogP contribution in [0, 0.1) is 5.41 Å². The SMILES string of the molecule is COc1ccc(CNC(=O)[C@@]2(C)CCCN(S(=O)(=O)c3ccc(OC)c(OC)c3)C2)cc1. The molecule has 1 amide bonds. The Bertz CT molecular complexity index is 1050. The van der Waals surface area contributed by atoms with Gasteiger partial charge in [0.25, 0.3) is 0 Å². The molecule has 0 radical (unpaired) electrons. The number of rotatable bonds is 8. The number of amides is 1. The van der Waals surface area contributed by atoms with Gasteiger partial charge in [0.1, 0.15) is 5.75 Å². The van der Waals surface area contributed by atoms with Gasteiger partial charge < -0.3 is 19.5 Å². The van der Waals surface area contributed by atoms with Crippen molar-refractivity contribution in [3.05, 3.63) is 48.0 Å². The molecule has 2 aromatic carbocycles. The van der Waals surface area contributed by atoms with Gasteiger partial charge in [-0.2, -0.15) is 4.31 Å². The molecule has 0 aromatic heterocycles. The van der Waals surface area contributed by atoms with Crippen molar-refractivity contribution in [3.63, 3.8) is 0 Å². The van der Waals surface area contributed by atoms with Crippen LogP contribution in [0.4, 0.5) is 0 Å². The van der Waals surface area contributed by atoms with Crippen molar-refractivity contribution >= 4 is 15.9 Å². The molecule has 0 saturated carbocycles. The third-order valence-electron chi connectivity index (χ3n) is 5.81. The molecule has 174 valence electrons. The Morgan fingerprint density at radius 2 is 1.72 bits per heavy atom. The Kier molecular flexibility index (Phi) is 7.30. The Hall–Kier alpha value is -2.78. The smallest absolute Gasteiger partial charge is 0.243 e. The van der Waals surface area contributed by atoms with Crippen LogP contribution in [0.15, 0.2) is 47.4 Å². The number of nitrogens with zero attached hydrogens (tertiary/aromatic N) is 1. The molecule has 1 N–H and O–H groups in total. The van der Waals surface area contributed by atoms with Crippen LogP contribution in [0.3, 0.4) is 0 Å². The van der Waals surface area contributed by atoms with E-state index >= 15 is 0 Å². The topological polar surface area (TPSA) is 94.2 Å². The molecular formula is C23H30N2O6S. The van der Waals surface area contributed by atoms with Crippen LogP contribution in [0.2, 0.25) is 0 Å². The van der Waals surface area contributed by atoms with Gasteiger partial charge in [0.05, 0.1) is 31.6 Å². The number of methoxy groups -OCH3 is 3. The van der Waals surface area contributed by atoms with E-state index in [0.717, 1.165) is 11.3 Å². The number of hydrogen-bond acceptors (Lipinski definition) is 6. The Labute approximate surface area is 189 Å². The van der Waals surface area contributed by atoms with E-state index < -0.39 is 15.4 Å². The van der Waals surface area contributed by atoms with Crippen LogP contribution in [0.1, 0.15) is 25.3 Å². The number of ether oxygens (including phenoxy) is 3. The molecule has 0 bridgehead atoms. The van der Waals surface area contributed by atoms with E-state index in [1.54, 1.807) is 13.2 Å². The molecule has 1 aliphatic rings. The summed E-state index contributed by atoms with van der Waals surface area (Å²) in [6.45, 7) is 2.64. The monoisotopic (exact) mass is 462 g/mol. The molecule has 0 unspecified atom stereocenters. The van der Waals surface area contributed by atoms with Crippen molar-refractivity contribution in [1.82, 2.24) is 9.62 Å². The quantitative estimate of drug-likeness (QED) is 0.648. The fraction of sp³-hybridized carbons (Fsp3) is 0.435. The van der Waals surface area contributed by atoms with Gasteiger partial charge in [-0.1, -0.05) is 12.1 Å². The molecule has 1 heterocycles. The van der Waals surface area contributed by atoms with E-state index in [2.05, 4.69) is 5.32 Å². The summed E-state index contributed by atoms with van der Waals surface area (Å²) in [6.07, 6.45) is 1.21. The van der Waals surface area contributed by atoms with Gasteiger partial charge in [0, 0.05) is 25.7 Å². The van der Waals surface area contributed by atoms with Crippen LogP contribution in [-0.4, -0.2) is 53.0 Å². The first kappa shape index (κ1) is 23.9. The van der Waals surface area contributed by atoms with E-state index in [4.69, 9.17) is 14.2 Å². The zero-order valence-electron chi connectivity index (χ0n) is 18.9. The zero-order valence-corrected chi connectivity index (χ0v) is 19.7. The molecule has 2 aromatic rings. The highest BCUT2D eigenvalue weighted by Gasteiger charge is 2.42. The minimum atomic E-state index is -3.80. The van der Waals surface area contributed by atoms with Crippen molar-refractivity contribution < 1.29 is 27.4 Å². The second kappa shape index (κ2) is 9.79. The molecule has 1 saturated heterocycles. The molecule has 0 aliphatic carbocycles. The Balaban J connectivity index is 1.73. The van der Waals surface area contributed by atoms with Crippen LogP contribution >= 0.6 is 0 Å². The first-order chi connectivity index (χ1) is 15.2. The first-order valence-corrected chi connectivity index (χ1v) is 11.8. The highest BCUT2D eigenvalue weighted by molar-refractivity contribution is 7.89. The summed E-state index contributed by atoms with van der Waals surface area (Å²) >= 11 is 0. The minimum Gasteiger partial charge on any atom is -0.497 e. The molecule has 3 rings (SSSR count). The fourth-order valence-corrected chi connectivity index (χ4v) is 5.47. The minimum absolute atomic E-state index is 0.109. The van der Waals surface area contributed by atoms with Gasteiger partial charge in [-0.05, 0) is 49.6 Å². The maximum absolute atomic E-state index is 13.3. The summed E-state index contributed by atoms with van der Waals surface area (Å²) < 4.78 is 43.6. The molecular weight excluding hydrogens is 432 g/mol. The van der Waals surface area contributed by atoms with Crippen LogP contribution in [-0.2, 0) is 21.4 Å². The molecule has 1 atom stereocenters. The average Bonchev–Trinajstić information content (AvgIpc) is 2.82. The maximum atomic E-state index is 13.3. The summed E-state index contributed by atoms with van der Waals surface area (Å²) in [5.41, 5.74) is 0.113. The van der Waals surface area contributed by atoms with Gasteiger partial charge >= 0.3 is 0 Å². The molecule has 1 fully saturated rings. The van der Waals surface area contributed by atoms with Crippen molar-refractivity contribution in [2.45, 2.75) is 31.2 Å². The lowest BCUT2D eigenvalue weighted by atomic mass is 9.82. The summed E-state index contributed by atoms with van der Waals surface area (Å²) in [7, 11) is 0.755. The van der Waals surface area contributed by atoms with Gasteiger partial charge in [0.15, 0.2) is 11.5 Å². The number of hydrogen-bond donors (Lipinski definition) is 1. The third kappa shape index (κ3) is 4.99. The lowest BCUT2D eigenvalue weighted by molar-refractivity contribution is -0.132. The third-order valence-corrected chi connectivity index (χ3v) is 7.66. The van der Waals surface area contributed by atoms with E-state index in [9.17, 15) is 13.2 Å². The van der Waals surface area contributed by atoms with E-state index in [0.29, 0.717) is 37.4 Å². The normalized spacial score (nSPS) is 19.2. The van der Waals surface area contributed by atoms with Crippen molar-refractivity contribution in [1.29, 1.82) is 0 Å². The van der Waals surface area contributed by atoms with E-state index in [1.165, 1.54) is 30.7 Å². The Morgan fingerprint density at radius 3 is 2.34 bits per heavy atom. The standard InChI is InChI=1S/C23H30N2O6S/c1-23(22(26)24-15-17-6-8-18(29-2)9-7-17)12-5-13-25(16-23)32(27,28)19-10-11-20(30-3)21(14-19)31-4/h6-11,14H,5,12-13,15-16H2,1-4H3,(H,24,26)/t23-/m0/s1. The molecule has 32 heavy (non-hydrogen) atoms. The van der Waals surface area contributed by atoms with Crippen molar-refractivity contribution in [2.75, 3.05) is 34.4 Å². The number of sulfonamides is 1. The predicted molar refractivity (Wildman–Crippen MR) is 120 cm³/mol. The van der Waals surface area contributed by atoms with Crippen molar-refractivity contribution in [3.8, 4) is 17.2 Å². The van der Waals surface area contributed by atoms with Crippen LogP contribution in [0.25, 0.3) is 0 Å². The number of carbonyl (C=O) groups excluding carboxylic acids is 1. The molecule has 1 aliphatic heterocycles. The summed E-state index contributed by atoms with van der Waals surface area (Å²) in [4.78, 5) is 13.1. The predicted octanol–water partition coefficient (Wildman–Crippen LogP) is 2.82. The number of piperidine rings is 1. The number of nitrogens with one attached hydrogen (secondary N) is 1. The van der Waals surface area contributed by atoms with Crippen molar-refractivity contribution in [2.24, 2.45) is 5.41 Å². The molecule has 8 nitrogen and oxygen atoms in total. The zero-order chi connectivity index (χ0) is 23.4. The summed E-state index contributed by atoms with van der Waals surface area (Å²) in [5.74, 6) is 1.37. The van der Waals surface area contributed by atoms with Gasteiger partial charge in [0.2, 0.25) is 15.9 Å². The fourth-order valence-electron chi connectivity index (χ4n) is 3.85.